The van der Waals surface area contributed by atoms with Gasteiger partial charge in [0.2, 0.25) is 0 Å². The maximum Gasteiger partial charge on any atom is 0.118 e. The maximum atomic E-state index is 5.54. The highest BCUT2D eigenvalue weighted by Gasteiger charge is 2.05. The molecule has 1 aromatic rings. The number of hydrogen-bond acceptors (Lipinski definition) is 4. The van der Waals surface area contributed by atoms with E-state index in [1.807, 2.05) is 6.26 Å². The van der Waals surface area contributed by atoms with E-state index in [0.717, 1.165) is 38.5 Å². The van der Waals surface area contributed by atoms with Crippen molar-refractivity contribution >= 4 is 0 Å². The van der Waals surface area contributed by atoms with E-state index in [0.29, 0.717) is 6.10 Å². The molecule has 0 unspecified atom stereocenters. The van der Waals surface area contributed by atoms with Gasteiger partial charge < -0.3 is 14.5 Å². The van der Waals surface area contributed by atoms with Gasteiger partial charge in [0.25, 0.3) is 0 Å². The van der Waals surface area contributed by atoms with Crippen LogP contribution in [0.2, 0.25) is 0 Å². The summed E-state index contributed by atoms with van der Waals surface area (Å²) in [6.45, 7) is 10.6. The van der Waals surface area contributed by atoms with Crippen LogP contribution in [0.1, 0.15) is 32.1 Å². The van der Waals surface area contributed by atoms with Crippen LogP contribution in [0.5, 0.6) is 0 Å². The Morgan fingerprint density at radius 2 is 2.22 bits per heavy atom. The zero-order valence-corrected chi connectivity index (χ0v) is 12.0. The monoisotopic (exact) mass is 254 g/mol. The van der Waals surface area contributed by atoms with Gasteiger partial charge in [0, 0.05) is 18.7 Å². The predicted molar refractivity (Wildman–Crippen MR) is 73.5 cm³/mol. The minimum absolute atomic E-state index is 0.300. The van der Waals surface area contributed by atoms with Crippen molar-refractivity contribution in [3.05, 3.63) is 23.7 Å². The highest BCUT2D eigenvalue weighted by Crippen LogP contribution is 2.09. The van der Waals surface area contributed by atoms with Gasteiger partial charge in [-0.05, 0) is 33.5 Å². The Kier molecular flexibility index (Phi) is 7.01. The average Bonchev–Trinajstić information content (AvgIpc) is 2.73. The second kappa shape index (κ2) is 8.29. The lowest BCUT2D eigenvalue weighted by atomic mass is 10.3. The van der Waals surface area contributed by atoms with Gasteiger partial charge in [-0.1, -0.05) is 6.92 Å². The molecule has 0 atom stereocenters. The highest BCUT2D eigenvalue weighted by molar-refractivity contribution is 5.12. The van der Waals surface area contributed by atoms with Crippen LogP contribution in [0.4, 0.5) is 0 Å². The van der Waals surface area contributed by atoms with Crippen LogP contribution >= 0.6 is 0 Å². The van der Waals surface area contributed by atoms with Crippen molar-refractivity contribution in [1.29, 1.82) is 0 Å². The normalized spacial score (nSPS) is 11.7. The smallest absolute Gasteiger partial charge is 0.118 e. The van der Waals surface area contributed by atoms with Crippen molar-refractivity contribution < 1.29 is 9.15 Å². The second-order valence-corrected chi connectivity index (χ2v) is 4.86. The Morgan fingerprint density at radius 3 is 2.89 bits per heavy atom. The Morgan fingerprint density at radius 1 is 1.44 bits per heavy atom. The molecule has 0 aliphatic heterocycles. The van der Waals surface area contributed by atoms with Gasteiger partial charge in [-0.25, -0.2) is 0 Å². The van der Waals surface area contributed by atoms with Gasteiger partial charge >= 0.3 is 0 Å². The molecular formula is C14H26N2O2. The number of furan rings is 1. The summed E-state index contributed by atoms with van der Waals surface area (Å²) in [6, 6.07) is 2.11. The van der Waals surface area contributed by atoms with Gasteiger partial charge in [-0.2, -0.15) is 0 Å². The molecule has 4 heteroatoms. The van der Waals surface area contributed by atoms with Gasteiger partial charge in [-0.3, -0.25) is 4.90 Å². The lowest BCUT2D eigenvalue weighted by Gasteiger charge is -2.16. The first-order chi connectivity index (χ1) is 8.61. The molecule has 0 aliphatic carbocycles. The summed E-state index contributed by atoms with van der Waals surface area (Å²) < 4.78 is 11.1. The van der Waals surface area contributed by atoms with Crippen LogP contribution in [0.25, 0.3) is 0 Å². The zero-order chi connectivity index (χ0) is 13.4. The topological polar surface area (TPSA) is 37.6 Å². The van der Waals surface area contributed by atoms with Crippen molar-refractivity contribution in [2.75, 3.05) is 26.7 Å². The minimum Gasteiger partial charge on any atom is -0.468 e. The Balaban J connectivity index is 2.26. The summed E-state index contributed by atoms with van der Waals surface area (Å²) in [5, 5.41) is 3.28. The highest BCUT2D eigenvalue weighted by atomic mass is 16.5. The molecule has 0 bridgehead atoms. The number of nitrogens with one attached hydrogen (secondary N) is 1. The molecule has 104 valence electrons. The fraction of sp³-hybridized carbons (Fsp3) is 0.714. The fourth-order valence-corrected chi connectivity index (χ4v) is 1.66. The minimum atomic E-state index is 0.300. The molecule has 1 aromatic heterocycles. The van der Waals surface area contributed by atoms with Crippen LogP contribution in [0.15, 0.2) is 16.7 Å². The van der Waals surface area contributed by atoms with E-state index in [2.05, 4.69) is 44.1 Å². The number of likely N-dealkylation sites (N-methyl/N-ethyl adjacent to an activating group) is 1. The van der Waals surface area contributed by atoms with Crippen molar-refractivity contribution in [2.45, 2.75) is 40.0 Å². The number of hydrogen-bond donors (Lipinski definition) is 1. The number of ether oxygens (including phenoxy) is 1. The first kappa shape index (κ1) is 15.2. The molecule has 0 saturated carbocycles. The van der Waals surface area contributed by atoms with Crippen LogP contribution in [-0.2, 0) is 17.8 Å². The van der Waals surface area contributed by atoms with Crippen molar-refractivity contribution in [3.8, 4) is 0 Å². The van der Waals surface area contributed by atoms with Gasteiger partial charge in [0.15, 0.2) is 0 Å². The summed E-state index contributed by atoms with van der Waals surface area (Å²) in [4.78, 5) is 2.21. The van der Waals surface area contributed by atoms with E-state index in [1.165, 1.54) is 5.56 Å². The molecule has 0 fully saturated rings. The summed E-state index contributed by atoms with van der Waals surface area (Å²) in [5.74, 6) is 1.01. The molecular weight excluding hydrogens is 228 g/mol. The quantitative estimate of drug-likeness (QED) is 0.733. The summed E-state index contributed by atoms with van der Waals surface area (Å²) in [6.07, 6.45) is 2.13. The fourth-order valence-electron chi connectivity index (χ4n) is 1.66. The summed E-state index contributed by atoms with van der Waals surface area (Å²) >= 11 is 0. The van der Waals surface area contributed by atoms with E-state index in [4.69, 9.17) is 9.15 Å². The van der Waals surface area contributed by atoms with E-state index in [-0.39, 0.29) is 0 Å². The Hall–Kier alpha value is -0.840. The molecule has 0 radical (unpaired) electrons. The molecule has 0 saturated heterocycles. The SMILES string of the molecule is CCNCc1coc(CN(C)CCOC(C)C)c1. The summed E-state index contributed by atoms with van der Waals surface area (Å²) in [7, 11) is 2.08. The standard InChI is InChI=1S/C14H26N2O2/c1-5-15-9-13-8-14(18-11-13)10-16(4)6-7-17-12(2)3/h8,11-12,15H,5-7,9-10H2,1-4H3. The second-order valence-electron chi connectivity index (χ2n) is 4.86. The lowest BCUT2D eigenvalue weighted by molar-refractivity contribution is 0.0616. The molecule has 4 nitrogen and oxygen atoms in total. The third-order valence-corrected chi connectivity index (χ3v) is 2.64. The molecule has 0 amide bonds. The molecule has 1 rings (SSSR count). The van der Waals surface area contributed by atoms with E-state index >= 15 is 0 Å². The van der Waals surface area contributed by atoms with Gasteiger partial charge in [0.1, 0.15) is 5.76 Å². The van der Waals surface area contributed by atoms with E-state index in [1.54, 1.807) is 0 Å². The van der Waals surface area contributed by atoms with Crippen LogP contribution < -0.4 is 5.32 Å². The van der Waals surface area contributed by atoms with Crippen molar-refractivity contribution in [3.63, 3.8) is 0 Å². The predicted octanol–water partition coefficient (Wildman–Crippen LogP) is 2.25. The van der Waals surface area contributed by atoms with E-state index in [9.17, 15) is 0 Å². The number of rotatable bonds is 9. The van der Waals surface area contributed by atoms with Gasteiger partial charge in [0.05, 0.1) is 25.5 Å². The maximum absolute atomic E-state index is 5.54. The van der Waals surface area contributed by atoms with Crippen LogP contribution in [0.3, 0.4) is 0 Å². The van der Waals surface area contributed by atoms with Crippen LogP contribution in [0, 0.1) is 0 Å². The number of nitrogens with zero attached hydrogens (tertiary/aromatic N) is 1. The first-order valence-corrected chi connectivity index (χ1v) is 6.69. The lowest BCUT2D eigenvalue weighted by Crippen LogP contribution is -2.23. The third kappa shape index (κ3) is 6.19. The molecule has 18 heavy (non-hydrogen) atoms. The van der Waals surface area contributed by atoms with Gasteiger partial charge in [-0.15, -0.1) is 0 Å². The van der Waals surface area contributed by atoms with E-state index < -0.39 is 0 Å². The zero-order valence-electron chi connectivity index (χ0n) is 12.0. The summed E-state index contributed by atoms with van der Waals surface area (Å²) in [5.41, 5.74) is 1.21. The molecule has 0 aromatic carbocycles. The molecule has 0 aliphatic rings. The largest absolute Gasteiger partial charge is 0.468 e. The van der Waals surface area contributed by atoms with Crippen molar-refractivity contribution in [1.82, 2.24) is 10.2 Å². The molecule has 1 N–H and O–H groups in total. The third-order valence-electron chi connectivity index (χ3n) is 2.64. The van der Waals surface area contributed by atoms with Crippen LogP contribution in [-0.4, -0.2) is 37.7 Å². The van der Waals surface area contributed by atoms with Crippen molar-refractivity contribution in [2.24, 2.45) is 0 Å². The molecule has 0 spiro atoms. The molecule has 1 heterocycles. The first-order valence-electron chi connectivity index (χ1n) is 6.69. The Labute approximate surface area is 110 Å². The average molecular weight is 254 g/mol. The Bertz CT molecular complexity index is 323.